The normalized spacial score (nSPS) is 9.50. The molecule has 0 aliphatic carbocycles. The molecule has 0 bridgehead atoms. The van der Waals surface area contributed by atoms with Gasteiger partial charge < -0.3 is 21.5 Å². The number of nitrogens with zero attached hydrogens (tertiary/aromatic N) is 1. The largest absolute Gasteiger partial charge is 0.508 e. The van der Waals surface area contributed by atoms with E-state index < -0.39 is 5.91 Å². The van der Waals surface area contributed by atoms with Gasteiger partial charge in [-0.25, -0.2) is 4.98 Å². The van der Waals surface area contributed by atoms with Gasteiger partial charge in [-0.1, -0.05) is 44.5 Å². The first kappa shape index (κ1) is 28.4. The molecule has 6 N–H and O–H groups in total. The van der Waals surface area contributed by atoms with Gasteiger partial charge in [-0.15, -0.1) is 6.58 Å². The van der Waals surface area contributed by atoms with Gasteiger partial charge >= 0.3 is 0 Å². The zero-order valence-corrected chi connectivity index (χ0v) is 19.2. The van der Waals surface area contributed by atoms with Crippen LogP contribution >= 0.6 is 11.6 Å². The second kappa shape index (κ2) is 16.1. The smallest absolute Gasteiger partial charge is 0.259 e. The van der Waals surface area contributed by atoms with Gasteiger partial charge in [0.15, 0.2) is 0 Å². The van der Waals surface area contributed by atoms with Crippen LogP contribution in [0.25, 0.3) is 0 Å². The van der Waals surface area contributed by atoms with E-state index in [9.17, 15) is 14.7 Å². The Hall–Kier alpha value is -3.65. The summed E-state index contributed by atoms with van der Waals surface area (Å²) >= 11 is 5.75. The van der Waals surface area contributed by atoms with Gasteiger partial charge in [-0.05, 0) is 42.8 Å². The van der Waals surface area contributed by atoms with Crippen LogP contribution in [0.4, 0.5) is 11.5 Å². The van der Waals surface area contributed by atoms with Crippen molar-refractivity contribution in [1.29, 1.82) is 5.41 Å². The zero-order valence-electron chi connectivity index (χ0n) is 18.5. The molecular formula is C23H30ClN5O3. The van der Waals surface area contributed by atoms with Crippen molar-refractivity contribution in [3.63, 3.8) is 0 Å². The van der Waals surface area contributed by atoms with Gasteiger partial charge in [0.2, 0.25) is 5.91 Å². The molecule has 8 nitrogen and oxygen atoms in total. The van der Waals surface area contributed by atoms with Gasteiger partial charge in [0.25, 0.3) is 5.91 Å². The summed E-state index contributed by atoms with van der Waals surface area (Å²) in [7, 11) is 0. The summed E-state index contributed by atoms with van der Waals surface area (Å²) < 4.78 is 0. The maximum absolute atomic E-state index is 12.4. The molecular weight excluding hydrogens is 430 g/mol. The molecule has 172 valence electrons. The summed E-state index contributed by atoms with van der Waals surface area (Å²) in [5, 5.41) is 21.9. The number of benzene rings is 1. The lowest BCUT2D eigenvalue weighted by Gasteiger charge is -2.11. The van der Waals surface area contributed by atoms with Crippen LogP contribution in [-0.4, -0.2) is 27.7 Å². The Kier molecular flexibility index (Phi) is 14.3. The number of allylic oxidation sites excluding steroid dienone is 1. The van der Waals surface area contributed by atoms with E-state index in [1.54, 1.807) is 24.3 Å². The molecule has 2 aromatic rings. The number of phenols is 1. The number of hydrogen-bond donors (Lipinski definition) is 5. The first-order valence-corrected chi connectivity index (χ1v) is 10.3. The van der Waals surface area contributed by atoms with Gasteiger partial charge in [0, 0.05) is 12.6 Å². The number of anilines is 2. The summed E-state index contributed by atoms with van der Waals surface area (Å²) in [6, 6.07) is 7.24. The van der Waals surface area contributed by atoms with Crippen molar-refractivity contribution in [2.45, 2.75) is 33.6 Å². The molecule has 32 heavy (non-hydrogen) atoms. The number of pyridine rings is 1. The Morgan fingerprint density at radius 3 is 2.44 bits per heavy atom. The average Bonchev–Trinajstić information content (AvgIpc) is 2.77. The third-order valence-electron chi connectivity index (χ3n) is 3.34. The molecule has 2 amide bonds. The molecule has 9 heteroatoms. The maximum Gasteiger partial charge on any atom is 0.259 e. The SMILES string of the molecule is C=CCC(=N)N.CC.CC/C=C/C(=O)Nc1ccc(O)cc1C(=O)Nc1ccc(Cl)cn1. The van der Waals surface area contributed by atoms with Gasteiger partial charge in [-0.2, -0.15) is 0 Å². The predicted molar refractivity (Wildman–Crippen MR) is 131 cm³/mol. The first-order chi connectivity index (χ1) is 15.3. The Morgan fingerprint density at radius 1 is 1.25 bits per heavy atom. The highest BCUT2D eigenvalue weighted by Gasteiger charge is 2.14. The minimum Gasteiger partial charge on any atom is -0.508 e. The molecule has 0 unspecified atom stereocenters. The molecule has 0 saturated carbocycles. The van der Waals surface area contributed by atoms with Crippen LogP contribution in [0.3, 0.4) is 0 Å². The van der Waals surface area contributed by atoms with Gasteiger partial charge in [0.1, 0.15) is 11.6 Å². The molecule has 1 heterocycles. The minimum absolute atomic E-state index is 0.0914. The van der Waals surface area contributed by atoms with Crippen molar-refractivity contribution in [2.75, 3.05) is 10.6 Å². The molecule has 0 atom stereocenters. The van der Waals surface area contributed by atoms with Crippen molar-refractivity contribution in [3.8, 4) is 5.75 Å². The standard InChI is InChI=1S/C17H16ClN3O3.C4H8N2.C2H6/c1-2-3-4-16(23)20-14-7-6-12(22)9-13(14)17(24)21-15-8-5-11(18)10-19-15;1-2-3-4(5)6;1-2/h3-10,22H,2H2,1H3,(H,20,23)(H,19,21,24);2H,1,3H2,(H3,5,6);1-2H3/b4-3+;;. The number of nitrogens with one attached hydrogen (secondary N) is 3. The highest BCUT2D eigenvalue weighted by Crippen LogP contribution is 2.22. The number of amides is 2. The molecule has 0 saturated heterocycles. The van der Waals surface area contributed by atoms with Crippen LogP contribution in [0.15, 0.2) is 61.3 Å². The van der Waals surface area contributed by atoms with Crippen molar-refractivity contribution in [1.82, 2.24) is 4.98 Å². The number of phenolic OH excluding ortho intramolecular Hbond substituents is 1. The first-order valence-electron chi connectivity index (χ1n) is 9.94. The third kappa shape index (κ3) is 11.5. The summed E-state index contributed by atoms with van der Waals surface area (Å²) in [6.07, 6.45) is 7.31. The van der Waals surface area contributed by atoms with Crippen LogP contribution in [0.1, 0.15) is 44.0 Å². The molecule has 0 aliphatic heterocycles. The maximum atomic E-state index is 12.4. The lowest BCUT2D eigenvalue weighted by Crippen LogP contribution is -2.17. The van der Waals surface area contributed by atoms with Crippen LogP contribution in [0.5, 0.6) is 5.75 Å². The summed E-state index contributed by atoms with van der Waals surface area (Å²) in [5.41, 5.74) is 5.31. The summed E-state index contributed by atoms with van der Waals surface area (Å²) in [6.45, 7) is 9.29. The number of carbonyl (C=O) groups excluding carboxylic acids is 2. The molecule has 2 rings (SSSR count). The lowest BCUT2D eigenvalue weighted by molar-refractivity contribution is -0.111. The fraction of sp³-hybridized carbons (Fsp3) is 0.217. The monoisotopic (exact) mass is 459 g/mol. The fourth-order valence-corrected chi connectivity index (χ4v) is 2.13. The molecule has 1 aromatic carbocycles. The highest BCUT2D eigenvalue weighted by molar-refractivity contribution is 6.30. The van der Waals surface area contributed by atoms with Gasteiger partial charge in [0.05, 0.1) is 22.1 Å². The van der Waals surface area contributed by atoms with Crippen molar-refractivity contribution < 1.29 is 14.7 Å². The van der Waals surface area contributed by atoms with Crippen LogP contribution in [0, 0.1) is 5.41 Å². The topological polar surface area (TPSA) is 141 Å². The Labute approximate surface area is 193 Å². The molecule has 0 aliphatic rings. The molecule has 0 radical (unpaired) electrons. The van der Waals surface area contributed by atoms with Crippen molar-refractivity contribution in [2.24, 2.45) is 5.73 Å². The van der Waals surface area contributed by atoms with E-state index >= 15 is 0 Å². The third-order valence-corrected chi connectivity index (χ3v) is 3.57. The lowest BCUT2D eigenvalue weighted by atomic mass is 10.1. The Bertz CT molecular complexity index is 928. The van der Waals surface area contributed by atoms with Crippen molar-refractivity contribution >= 4 is 40.8 Å². The number of amidine groups is 1. The number of nitrogens with two attached hydrogens (primary N) is 1. The van der Waals surface area contributed by atoms with Crippen LogP contribution in [-0.2, 0) is 4.79 Å². The zero-order chi connectivity index (χ0) is 24.5. The number of carbonyl (C=O) groups is 2. The van der Waals surface area contributed by atoms with E-state index in [4.69, 9.17) is 22.7 Å². The number of aromatic hydroxyl groups is 1. The quantitative estimate of drug-likeness (QED) is 0.128. The fourth-order valence-electron chi connectivity index (χ4n) is 2.02. The average molecular weight is 460 g/mol. The van der Waals surface area contributed by atoms with Gasteiger partial charge in [-0.3, -0.25) is 15.0 Å². The number of halogens is 1. The molecule has 1 aromatic heterocycles. The summed E-state index contributed by atoms with van der Waals surface area (Å²) in [5.74, 6) is -0.496. The number of rotatable bonds is 7. The van der Waals surface area contributed by atoms with Crippen LogP contribution < -0.4 is 16.4 Å². The van der Waals surface area contributed by atoms with E-state index in [2.05, 4.69) is 22.2 Å². The number of hydrogen-bond acceptors (Lipinski definition) is 5. The minimum atomic E-state index is -0.518. The van der Waals surface area contributed by atoms with E-state index in [1.165, 1.54) is 30.5 Å². The number of aromatic nitrogens is 1. The predicted octanol–water partition coefficient (Wildman–Crippen LogP) is 5.12. The molecule has 0 spiro atoms. The Morgan fingerprint density at radius 2 is 1.94 bits per heavy atom. The second-order valence-electron chi connectivity index (χ2n) is 5.86. The van der Waals surface area contributed by atoms with Crippen molar-refractivity contribution in [3.05, 3.63) is 71.9 Å². The van der Waals surface area contributed by atoms with E-state index in [-0.39, 0.29) is 28.7 Å². The van der Waals surface area contributed by atoms with E-state index in [0.29, 0.717) is 17.3 Å². The molecule has 0 fully saturated rings. The Balaban J connectivity index is 0.00000104. The van der Waals surface area contributed by atoms with E-state index in [0.717, 1.165) is 6.42 Å². The highest BCUT2D eigenvalue weighted by atomic mass is 35.5. The second-order valence-corrected chi connectivity index (χ2v) is 6.30. The summed E-state index contributed by atoms with van der Waals surface area (Å²) in [4.78, 5) is 28.2. The van der Waals surface area contributed by atoms with Crippen LogP contribution in [0.2, 0.25) is 5.02 Å². The van der Waals surface area contributed by atoms with E-state index in [1.807, 2.05) is 20.8 Å².